The summed E-state index contributed by atoms with van der Waals surface area (Å²) in [6.45, 7) is 0. The molecule has 0 spiro atoms. The predicted octanol–water partition coefficient (Wildman–Crippen LogP) is 5.66. The lowest BCUT2D eigenvalue weighted by molar-refractivity contribution is 0.628. The summed E-state index contributed by atoms with van der Waals surface area (Å²) >= 11 is 3.23. The molecule has 3 nitrogen and oxygen atoms in total. The van der Waals surface area contributed by atoms with Crippen LogP contribution in [0.3, 0.4) is 0 Å². The van der Waals surface area contributed by atoms with Crippen LogP contribution in [0.5, 0.6) is 0 Å². The highest BCUT2D eigenvalue weighted by molar-refractivity contribution is 7.98. The summed E-state index contributed by atoms with van der Waals surface area (Å²) in [6, 6.07) is 18.2. The van der Waals surface area contributed by atoms with Crippen molar-refractivity contribution in [3.05, 3.63) is 77.9 Å². The van der Waals surface area contributed by atoms with Crippen LogP contribution in [0, 0.1) is 17.1 Å². The van der Waals surface area contributed by atoms with Crippen molar-refractivity contribution < 1.29 is 4.39 Å². The molecule has 0 N–H and O–H groups in total. The SMILES string of the molecule is N#Cc1cccc(CSc2ncnc3cc(-c4ccc(F)cc4)sc23)c1. The zero-order chi connectivity index (χ0) is 17.9. The van der Waals surface area contributed by atoms with E-state index in [1.807, 2.05) is 24.3 Å². The van der Waals surface area contributed by atoms with Gasteiger partial charge in [0.2, 0.25) is 0 Å². The summed E-state index contributed by atoms with van der Waals surface area (Å²) in [5, 5.41) is 9.93. The van der Waals surface area contributed by atoms with Crippen molar-refractivity contribution >= 4 is 33.3 Å². The number of thioether (sulfide) groups is 1. The Labute approximate surface area is 158 Å². The Morgan fingerprint density at radius 1 is 1.08 bits per heavy atom. The highest BCUT2D eigenvalue weighted by Gasteiger charge is 2.11. The molecule has 26 heavy (non-hydrogen) atoms. The first-order valence-corrected chi connectivity index (χ1v) is 9.65. The number of nitriles is 1. The lowest BCUT2D eigenvalue weighted by Gasteiger charge is -2.02. The van der Waals surface area contributed by atoms with Gasteiger partial charge in [-0.3, -0.25) is 0 Å². The second-order valence-corrected chi connectivity index (χ2v) is 7.63. The molecule has 2 aromatic carbocycles. The van der Waals surface area contributed by atoms with Crippen LogP contribution in [-0.2, 0) is 5.75 Å². The van der Waals surface area contributed by atoms with Crippen molar-refractivity contribution in [2.45, 2.75) is 10.8 Å². The first-order valence-electron chi connectivity index (χ1n) is 7.85. The highest BCUT2D eigenvalue weighted by Crippen LogP contribution is 2.37. The zero-order valence-electron chi connectivity index (χ0n) is 13.5. The third kappa shape index (κ3) is 3.45. The van der Waals surface area contributed by atoms with Gasteiger partial charge in [0.25, 0.3) is 0 Å². The number of hydrogen-bond donors (Lipinski definition) is 0. The van der Waals surface area contributed by atoms with E-state index in [1.54, 1.807) is 47.6 Å². The quantitative estimate of drug-likeness (QED) is 0.340. The van der Waals surface area contributed by atoms with E-state index in [1.165, 1.54) is 12.1 Å². The average Bonchev–Trinajstić information content (AvgIpc) is 3.12. The minimum atomic E-state index is -0.245. The Bertz CT molecular complexity index is 1110. The zero-order valence-corrected chi connectivity index (χ0v) is 15.1. The Kier molecular flexibility index (Phi) is 4.65. The van der Waals surface area contributed by atoms with E-state index in [9.17, 15) is 4.39 Å². The van der Waals surface area contributed by atoms with Crippen LogP contribution in [0.15, 0.2) is 66.0 Å². The van der Waals surface area contributed by atoms with Crippen LogP contribution in [0.2, 0.25) is 0 Å². The fraction of sp³-hybridized carbons (Fsp3) is 0.0500. The van der Waals surface area contributed by atoms with E-state index in [4.69, 9.17) is 5.26 Å². The molecular formula is C20H12FN3S2. The molecule has 0 unspecified atom stereocenters. The Hall–Kier alpha value is -2.75. The fourth-order valence-electron chi connectivity index (χ4n) is 2.57. The van der Waals surface area contributed by atoms with Gasteiger partial charge in [-0.05, 0) is 41.5 Å². The van der Waals surface area contributed by atoms with Gasteiger partial charge in [-0.25, -0.2) is 14.4 Å². The summed E-state index contributed by atoms with van der Waals surface area (Å²) in [4.78, 5) is 9.82. The fourth-order valence-corrected chi connectivity index (χ4v) is 4.72. The number of aromatic nitrogens is 2. The first kappa shape index (κ1) is 16.7. The normalized spacial score (nSPS) is 10.8. The molecule has 2 heterocycles. The number of thiophene rings is 1. The maximum atomic E-state index is 13.1. The summed E-state index contributed by atoms with van der Waals surface area (Å²) in [7, 11) is 0. The number of nitrogens with zero attached hydrogens (tertiary/aromatic N) is 3. The van der Waals surface area contributed by atoms with Gasteiger partial charge >= 0.3 is 0 Å². The second-order valence-electron chi connectivity index (χ2n) is 5.61. The van der Waals surface area contributed by atoms with Crippen molar-refractivity contribution in [2.24, 2.45) is 0 Å². The van der Waals surface area contributed by atoms with E-state index >= 15 is 0 Å². The van der Waals surface area contributed by atoms with E-state index in [2.05, 4.69) is 16.0 Å². The van der Waals surface area contributed by atoms with Crippen LogP contribution in [-0.4, -0.2) is 9.97 Å². The summed E-state index contributed by atoms with van der Waals surface area (Å²) in [5.74, 6) is 0.483. The molecule has 6 heteroatoms. The van der Waals surface area contributed by atoms with Crippen LogP contribution in [0.1, 0.15) is 11.1 Å². The third-order valence-corrected chi connectivity index (χ3v) is 6.21. The minimum Gasteiger partial charge on any atom is -0.235 e. The average molecular weight is 377 g/mol. The molecule has 0 atom stereocenters. The molecule has 0 radical (unpaired) electrons. The lowest BCUT2D eigenvalue weighted by atomic mass is 10.2. The maximum absolute atomic E-state index is 13.1. The Morgan fingerprint density at radius 2 is 1.92 bits per heavy atom. The number of benzene rings is 2. The molecule has 0 aliphatic carbocycles. The maximum Gasteiger partial charge on any atom is 0.123 e. The van der Waals surface area contributed by atoms with Gasteiger partial charge in [0.05, 0.1) is 21.8 Å². The molecule has 0 saturated carbocycles. The monoisotopic (exact) mass is 377 g/mol. The molecule has 0 amide bonds. The van der Waals surface area contributed by atoms with E-state index in [0.29, 0.717) is 5.56 Å². The van der Waals surface area contributed by atoms with Crippen molar-refractivity contribution in [2.75, 3.05) is 0 Å². The number of rotatable bonds is 4. The highest BCUT2D eigenvalue weighted by atomic mass is 32.2. The van der Waals surface area contributed by atoms with Crippen molar-refractivity contribution in [3.63, 3.8) is 0 Å². The van der Waals surface area contributed by atoms with Crippen LogP contribution < -0.4 is 0 Å². The molecule has 0 aliphatic heterocycles. The van der Waals surface area contributed by atoms with Crippen LogP contribution in [0.25, 0.3) is 20.7 Å². The molecule has 0 saturated heterocycles. The van der Waals surface area contributed by atoms with Gasteiger partial charge < -0.3 is 0 Å². The van der Waals surface area contributed by atoms with Gasteiger partial charge in [-0.2, -0.15) is 5.26 Å². The van der Waals surface area contributed by atoms with Crippen LogP contribution in [0.4, 0.5) is 4.39 Å². The van der Waals surface area contributed by atoms with Gasteiger partial charge in [-0.15, -0.1) is 23.1 Å². The Morgan fingerprint density at radius 3 is 2.73 bits per heavy atom. The number of hydrogen-bond acceptors (Lipinski definition) is 5. The third-order valence-electron chi connectivity index (χ3n) is 3.84. The van der Waals surface area contributed by atoms with Gasteiger partial charge in [0, 0.05) is 10.6 Å². The standard InChI is InChI=1S/C20H12FN3S2/c21-16-6-4-15(5-7-16)18-9-17-19(26-18)20(24-12-23-17)25-11-14-3-1-2-13(8-14)10-22/h1-9,12H,11H2. The Balaban J connectivity index is 1.63. The molecular weight excluding hydrogens is 365 g/mol. The van der Waals surface area contributed by atoms with E-state index in [0.717, 1.165) is 37.0 Å². The largest absolute Gasteiger partial charge is 0.235 e. The summed E-state index contributed by atoms with van der Waals surface area (Å²) in [6.07, 6.45) is 1.57. The van der Waals surface area contributed by atoms with Crippen LogP contribution >= 0.6 is 23.1 Å². The summed E-state index contributed by atoms with van der Waals surface area (Å²) in [5.41, 5.74) is 3.59. The molecule has 0 bridgehead atoms. The smallest absolute Gasteiger partial charge is 0.123 e. The topological polar surface area (TPSA) is 49.6 Å². The van der Waals surface area contributed by atoms with E-state index in [-0.39, 0.29) is 5.82 Å². The van der Waals surface area contributed by atoms with Gasteiger partial charge in [0.1, 0.15) is 17.2 Å². The molecule has 4 rings (SSSR count). The summed E-state index contributed by atoms with van der Waals surface area (Å²) < 4.78 is 14.2. The van der Waals surface area contributed by atoms with Gasteiger partial charge in [0.15, 0.2) is 0 Å². The van der Waals surface area contributed by atoms with Crippen molar-refractivity contribution in [1.29, 1.82) is 5.26 Å². The van der Waals surface area contributed by atoms with Crippen molar-refractivity contribution in [1.82, 2.24) is 9.97 Å². The minimum absolute atomic E-state index is 0.245. The van der Waals surface area contributed by atoms with E-state index < -0.39 is 0 Å². The predicted molar refractivity (Wildman–Crippen MR) is 104 cm³/mol. The first-order chi connectivity index (χ1) is 12.7. The molecule has 126 valence electrons. The molecule has 2 aromatic heterocycles. The molecule has 0 aliphatic rings. The van der Waals surface area contributed by atoms with Crippen molar-refractivity contribution in [3.8, 4) is 16.5 Å². The second kappa shape index (κ2) is 7.24. The molecule has 0 fully saturated rings. The number of fused-ring (bicyclic) bond motifs is 1. The van der Waals surface area contributed by atoms with Gasteiger partial charge in [-0.1, -0.05) is 24.3 Å². The molecule has 4 aromatic rings. The lowest BCUT2D eigenvalue weighted by Crippen LogP contribution is -1.86. The number of halogens is 1.